The van der Waals surface area contributed by atoms with E-state index in [1.807, 2.05) is 0 Å². The summed E-state index contributed by atoms with van der Waals surface area (Å²) in [7, 11) is -0.0876. The second kappa shape index (κ2) is 11.1. The molecule has 0 radical (unpaired) electrons. The zero-order chi connectivity index (χ0) is 24.9. The van der Waals surface area contributed by atoms with Gasteiger partial charge in [-0.15, -0.1) is 0 Å². The number of anilines is 1. The third-order valence-electron chi connectivity index (χ3n) is 4.94. The molecule has 0 aromatic heterocycles. The molecule has 0 aliphatic rings. The molecule has 2 amide bonds. The van der Waals surface area contributed by atoms with Gasteiger partial charge in [0.1, 0.15) is 18.4 Å². The molecule has 33 heavy (non-hydrogen) atoms. The number of likely N-dealkylation sites (N-methyl/N-ethyl adjacent to an activating group) is 1. The van der Waals surface area contributed by atoms with Gasteiger partial charge in [0.2, 0.25) is 11.8 Å². The van der Waals surface area contributed by atoms with Crippen LogP contribution in [0.5, 0.6) is 0 Å². The molecule has 2 aromatic rings. The van der Waals surface area contributed by atoms with Crippen molar-refractivity contribution in [3.8, 4) is 0 Å². The maximum Gasteiger partial charge on any atom is 0.304 e. The predicted molar refractivity (Wildman–Crippen MR) is 127 cm³/mol. The highest BCUT2D eigenvalue weighted by atomic mass is 35.5. The van der Waals surface area contributed by atoms with Gasteiger partial charge in [-0.25, -0.2) is 8.70 Å². The van der Waals surface area contributed by atoms with Crippen LogP contribution in [-0.4, -0.2) is 63.2 Å². The molecule has 0 unspecified atom stereocenters. The van der Waals surface area contributed by atoms with E-state index in [1.165, 1.54) is 45.1 Å². The van der Waals surface area contributed by atoms with Gasteiger partial charge in [0, 0.05) is 43.3 Å². The molecule has 2 aromatic carbocycles. The van der Waals surface area contributed by atoms with Gasteiger partial charge in [0.05, 0.1) is 5.69 Å². The lowest BCUT2D eigenvalue weighted by Gasteiger charge is -2.33. The summed E-state index contributed by atoms with van der Waals surface area (Å²) in [5.74, 6) is -1.71. The number of halogens is 3. The maximum atomic E-state index is 13.4. The lowest BCUT2D eigenvalue weighted by Crippen LogP contribution is -2.52. The van der Waals surface area contributed by atoms with Gasteiger partial charge in [0.25, 0.3) is 0 Å². The number of hydrogen-bond acceptors (Lipinski definition) is 4. The van der Waals surface area contributed by atoms with Crippen molar-refractivity contribution in [2.24, 2.45) is 0 Å². The molecular formula is C21H25Cl2FN4O4S. The maximum absolute atomic E-state index is 13.4. The van der Waals surface area contributed by atoms with Gasteiger partial charge in [-0.1, -0.05) is 29.3 Å². The Morgan fingerprint density at radius 3 is 2.09 bits per heavy atom. The molecule has 180 valence electrons. The Bertz CT molecular complexity index is 1090. The van der Waals surface area contributed by atoms with Crippen LogP contribution >= 0.6 is 23.2 Å². The normalized spacial score (nSPS) is 12.4. The lowest BCUT2D eigenvalue weighted by molar-refractivity contribution is -0.139. The van der Waals surface area contributed by atoms with Gasteiger partial charge >= 0.3 is 10.2 Å². The van der Waals surface area contributed by atoms with Crippen LogP contribution in [0.25, 0.3) is 0 Å². The molecule has 1 N–H and O–H groups in total. The summed E-state index contributed by atoms with van der Waals surface area (Å²) in [5.41, 5.74) is 0.496. The van der Waals surface area contributed by atoms with Crippen LogP contribution < -0.4 is 9.62 Å². The van der Waals surface area contributed by atoms with Crippen molar-refractivity contribution in [3.05, 3.63) is 63.9 Å². The number of nitrogens with one attached hydrogen (secondary N) is 1. The summed E-state index contributed by atoms with van der Waals surface area (Å²) in [5, 5.41) is 3.06. The Balaban J connectivity index is 2.49. The van der Waals surface area contributed by atoms with Crippen LogP contribution in [-0.2, 0) is 26.3 Å². The van der Waals surface area contributed by atoms with E-state index in [9.17, 15) is 22.4 Å². The molecule has 0 saturated heterocycles. The van der Waals surface area contributed by atoms with Crippen LogP contribution in [0.15, 0.2) is 42.5 Å². The third-order valence-corrected chi connectivity index (χ3v) is 7.47. The fourth-order valence-corrected chi connectivity index (χ4v) is 4.54. The summed E-state index contributed by atoms with van der Waals surface area (Å²) < 4.78 is 41.1. The topological polar surface area (TPSA) is 90.0 Å². The number of carbonyl (C=O) groups excluding carboxylic acids is 2. The monoisotopic (exact) mass is 518 g/mol. The minimum Gasteiger partial charge on any atom is -0.357 e. The van der Waals surface area contributed by atoms with Crippen molar-refractivity contribution in [1.82, 2.24) is 14.5 Å². The van der Waals surface area contributed by atoms with Crippen molar-refractivity contribution >= 4 is 50.9 Å². The first-order chi connectivity index (χ1) is 15.4. The van der Waals surface area contributed by atoms with E-state index in [0.29, 0.717) is 15.6 Å². The van der Waals surface area contributed by atoms with E-state index < -0.39 is 40.4 Å². The minimum atomic E-state index is -4.13. The van der Waals surface area contributed by atoms with Crippen LogP contribution in [0.2, 0.25) is 10.0 Å². The first kappa shape index (κ1) is 26.8. The summed E-state index contributed by atoms with van der Waals surface area (Å²) in [6.07, 6.45) is 0. The third kappa shape index (κ3) is 6.35. The largest absolute Gasteiger partial charge is 0.357 e. The predicted octanol–water partition coefficient (Wildman–Crippen LogP) is 2.91. The summed E-state index contributed by atoms with van der Waals surface area (Å²) in [6, 6.07) is 8.55. The van der Waals surface area contributed by atoms with E-state index in [-0.39, 0.29) is 12.2 Å². The van der Waals surface area contributed by atoms with E-state index in [0.717, 1.165) is 20.7 Å². The highest BCUT2D eigenvalue weighted by molar-refractivity contribution is 7.90. The number of carbonyl (C=O) groups is 2. The van der Waals surface area contributed by atoms with E-state index in [2.05, 4.69) is 5.32 Å². The van der Waals surface area contributed by atoms with Gasteiger partial charge in [-0.2, -0.15) is 12.7 Å². The van der Waals surface area contributed by atoms with Crippen LogP contribution in [0.4, 0.5) is 10.1 Å². The average Bonchev–Trinajstić information content (AvgIpc) is 2.76. The number of nitrogens with zero attached hydrogens (tertiary/aromatic N) is 3. The summed E-state index contributed by atoms with van der Waals surface area (Å²) in [6.45, 7) is 0.727. The van der Waals surface area contributed by atoms with Crippen LogP contribution in [0, 0.1) is 5.82 Å². The second-order valence-corrected chi connectivity index (χ2v) is 10.2. The molecule has 0 aliphatic heterocycles. The molecule has 1 atom stereocenters. The average molecular weight is 519 g/mol. The van der Waals surface area contributed by atoms with Gasteiger partial charge in [-0.05, 0) is 43.3 Å². The van der Waals surface area contributed by atoms with Crippen molar-refractivity contribution in [3.63, 3.8) is 0 Å². The molecule has 8 nitrogen and oxygen atoms in total. The van der Waals surface area contributed by atoms with E-state index in [1.54, 1.807) is 18.2 Å². The van der Waals surface area contributed by atoms with E-state index in [4.69, 9.17) is 23.2 Å². The highest BCUT2D eigenvalue weighted by Gasteiger charge is 2.33. The smallest absolute Gasteiger partial charge is 0.304 e. The van der Waals surface area contributed by atoms with Gasteiger partial charge in [0.15, 0.2) is 0 Å². The quantitative estimate of drug-likeness (QED) is 0.552. The molecule has 0 spiro atoms. The zero-order valence-electron chi connectivity index (χ0n) is 18.5. The number of rotatable bonds is 9. The molecule has 0 aliphatic carbocycles. The first-order valence-corrected chi connectivity index (χ1v) is 11.9. The molecule has 0 saturated carbocycles. The standard InChI is InChI=1S/C21H25Cl2FN4O4S/c1-14(21(30)25-2)27(12-17-18(22)6-5-7-19(17)23)20(29)13-28(33(31,32)26(3)4)16-10-8-15(24)9-11-16/h5-11,14H,12-13H2,1-4H3,(H,25,30)/t14-/m0/s1. The van der Waals surface area contributed by atoms with Crippen molar-refractivity contribution in [2.75, 3.05) is 32.0 Å². The number of benzene rings is 2. The molecule has 2 rings (SSSR count). The summed E-state index contributed by atoms with van der Waals surface area (Å²) in [4.78, 5) is 27.0. The van der Waals surface area contributed by atoms with Crippen molar-refractivity contribution in [1.29, 1.82) is 0 Å². The second-order valence-electron chi connectivity index (χ2n) is 7.29. The van der Waals surface area contributed by atoms with E-state index >= 15 is 0 Å². The molecule has 0 bridgehead atoms. The zero-order valence-corrected chi connectivity index (χ0v) is 20.9. The number of amides is 2. The SMILES string of the molecule is CNC(=O)[C@H](C)N(Cc1c(Cl)cccc1Cl)C(=O)CN(c1ccc(F)cc1)S(=O)(=O)N(C)C. The Morgan fingerprint density at radius 2 is 1.61 bits per heavy atom. The molecule has 0 fully saturated rings. The Morgan fingerprint density at radius 1 is 1.06 bits per heavy atom. The number of hydrogen-bond donors (Lipinski definition) is 1. The Kier molecular flexibility index (Phi) is 9.07. The van der Waals surface area contributed by atoms with Gasteiger partial charge < -0.3 is 10.2 Å². The minimum absolute atomic E-state index is 0.0850. The Labute approximate surface area is 203 Å². The van der Waals surface area contributed by atoms with Crippen molar-refractivity contribution < 1.29 is 22.4 Å². The van der Waals surface area contributed by atoms with Gasteiger partial charge in [-0.3, -0.25) is 9.59 Å². The molecular weight excluding hydrogens is 494 g/mol. The molecule has 12 heteroatoms. The van der Waals surface area contributed by atoms with Crippen LogP contribution in [0.1, 0.15) is 12.5 Å². The summed E-state index contributed by atoms with van der Waals surface area (Å²) >= 11 is 12.5. The Hall–Kier alpha value is -2.40. The highest BCUT2D eigenvalue weighted by Crippen LogP contribution is 2.27. The van der Waals surface area contributed by atoms with Crippen LogP contribution in [0.3, 0.4) is 0 Å². The van der Waals surface area contributed by atoms with Crippen molar-refractivity contribution in [2.45, 2.75) is 19.5 Å². The lowest BCUT2D eigenvalue weighted by atomic mass is 10.1. The fraction of sp³-hybridized carbons (Fsp3) is 0.333. The molecule has 0 heterocycles. The first-order valence-electron chi connectivity index (χ1n) is 9.79. The fourth-order valence-electron chi connectivity index (χ4n) is 2.97.